The Morgan fingerprint density at radius 3 is 2.57 bits per heavy atom. The van der Waals surface area contributed by atoms with E-state index in [1.54, 1.807) is 18.5 Å². The number of rotatable bonds is 5. The Labute approximate surface area is 83.5 Å². The second-order valence-electron chi connectivity index (χ2n) is 2.97. The van der Waals surface area contributed by atoms with Crippen molar-refractivity contribution in [3.63, 3.8) is 0 Å². The lowest BCUT2D eigenvalue weighted by Gasteiger charge is -2.01. The molecule has 0 spiro atoms. The maximum atomic E-state index is 10.8. The van der Waals surface area contributed by atoms with E-state index in [1.165, 1.54) is 6.26 Å². The minimum atomic E-state index is -2.88. The van der Waals surface area contributed by atoms with Gasteiger partial charge >= 0.3 is 0 Å². The zero-order valence-electron chi connectivity index (χ0n) is 7.97. The highest BCUT2D eigenvalue weighted by Crippen LogP contribution is 1.86. The Kier molecular flexibility index (Phi) is 3.97. The first-order valence-electron chi connectivity index (χ1n) is 4.22. The Bertz CT molecular complexity index is 363. The van der Waals surface area contributed by atoms with Gasteiger partial charge in [-0.15, -0.1) is 0 Å². The lowest BCUT2D eigenvalue weighted by atomic mass is 10.5. The Morgan fingerprint density at radius 2 is 2.00 bits per heavy atom. The van der Waals surface area contributed by atoms with E-state index in [-0.39, 0.29) is 5.75 Å². The van der Waals surface area contributed by atoms with Crippen molar-refractivity contribution >= 4 is 9.84 Å². The van der Waals surface area contributed by atoms with Gasteiger partial charge in [0.15, 0.2) is 0 Å². The molecule has 0 aliphatic rings. The van der Waals surface area contributed by atoms with Gasteiger partial charge in [0.2, 0.25) is 0 Å². The topological polar surface area (TPSA) is 72.0 Å². The predicted octanol–water partition coefficient (Wildman–Crippen LogP) is -0.389. The van der Waals surface area contributed by atoms with E-state index in [0.29, 0.717) is 18.9 Å². The van der Waals surface area contributed by atoms with Gasteiger partial charge in [-0.2, -0.15) is 0 Å². The molecule has 14 heavy (non-hydrogen) atoms. The molecule has 0 saturated carbocycles. The average molecular weight is 215 g/mol. The molecule has 0 unspecified atom stereocenters. The van der Waals surface area contributed by atoms with E-state index in [4.69, 9.17) is 0 Å². The lowest BCUT2D eigenvalue weighted by Crippen LogP contribution is -2.22. The van der Waals surface area contributed by atoms with Gasteiger partial charge in [-0.25, -0.2) is 18.4 Å². The number of sulfone groups is 1. The van der Waals surface area contributed by atoms with E-state index < -0.39 is 9.84 Å². The molecule has 0 radical (unpaired) electrons. The largest absolute Gasteiger partial charge is 0.309 e. The summed E-state index contributed by atoms with van der Waals surface area (Å²) >= 11 is 0. The normalized spacial score (nSPS) is 11.5. The van der Waals surface area contributed by atoms with Gasteiger partial charge in [-0.1, -0.05) is 0 Å². The molecule has 1 N–H and O–H groups in total. The summed E-state index contributed by atoms with van der Waals surface area (Å²) in [5, 5.41) is 2.95. The molecule has 5 nitrogen and oxygen atoms in total. The van der Waals surface area contributed by atoms with Crippen LogP contribution in [0.1, 0.15) is 5.82 Å². The van der Waals surface area contributed by atoms with Crippen LogP contribution in [-0.2, 0) is 16.4 Å². The van der Waals surface area contributed by atoms with Gasteiger partial charge in [-0.05, 0) is 6.07 Å². The molecular weight excluding hydrogens is 202 g/mol. The molecule has 0 aliphatic heterocycles. The molecule has 0 atom stereocenters. The molecule has 0 aliphatic carbocycles. The summed E-state index contributed by atoms with van der Waals surface area (Å²) in [7, 11) is -2.88. The van der Waals surface area contributed by atoms with Gasteiger partial charge in [0, 0.05) is 25.2 Å². The first-order chi connectivity index (χ1) is 6.58. The minimum Gasteiger partial charge on any atom is -0.309 e. The molecule has 1 aromatic rings. The standard InChI is InChI=1S/C8H13N3O2S/c1-14(12,13)6-5-9-7-8-10-3-2-4-11-8/h2-4,9H,5-7H2,1H3. The summed E-state index contributed by atoms with van der Waals surface area (Å²) in [6, 6.07) is 1.74. The van der Waals surface area contributed by atoms with E-state index in [0.717, 1.165) is 0 Å². The zero-order valence-corrected chi connectivity index (χ0v) is 8.79. The predicted molar refractivity (Wildman–Crippen MR) is 53.4 cm³/mol. The van der Waals surface area contributed by atoms with Crippen LogP contribution in [0.2, 0.25) is 0 Å². The molecule has 1 aromatic heterocycles. The molecule has 0 bridgehead atoms. The number of nitrogens with one attached hydrogen (secondary N) is 1. The second kappa shape index (κ2) is 5.02. The van der Waals surface area contributed by atoms with Crippen molar-refractivity contribution in [2.75, 3.05) is 18.6 Å². The van der Waals surface area contributed by atoms with Gasteiger partial charge < -0.3 is 5.32 Å². The maximum absolute atomic E-state index is 10.8. The van der Waals surface area contributed by atoms with Crippen LogP contribution >= 0.6 is 0 Å². The Morgan fingerprint density at radius 1 is 1.36 bits per heavy atom. The van der Waals surface area contributed by atoms with Crippen LogP contribution < -0.4 is 5.32 Å². The third kappa shape index (κ3) is 4.88. The summed E-state index contributed by atoms with van der Waals surface area (Å²) in [6.07, 6.45) is 4.52. The monoisotopic (exact) mass is 215 g/mol. The summed E-state index contributed by atoms with van der Waals surface area (Å²) in [5.74, 6) is 0.806. The van der Waals surface area contributed by atoms with Crippen LogP contribution in [0.3, 0.4) is 0 Å². The fourth-order valence-electron chi connectivity index (χ4n) is 0.879. The molecular formula is C8H13N3O2S. The molecule has 1 heterocycles. The lowest BCUT2D eigenvalue weighted by molar-refractivity contribution is 0.595. The molecule has 0 fully saturated rings. The Hall–Kier alpha value is -1.01. The summed E-state index contributed by atoms with van der Waals surface area (Å²) < 4.78 is 21.5. The highest BCUT2D eigenvalue weighted by molar-refractivity contribution is 7.90. The van der Waals surface area contributed by atoms with Crippen molar-refractivity contribution in [1.82, 2.24) is 15.3 Å². The van der Waals surface area contributed by atoms with Crippen molar-refractivity contribution in [1.29, 1.82) is 0 Å². The van der Waals surface area contributed by atoms with Crippen LogP contribution in [0.5, 0.6) is 0 Å². The van der Waals surface area contributed by atoms with Crippen molar-refractivity contribution in [3.05, 3.63) is 24.3 Å². The fourth-order valence-corrected chi connectivity index (χ4v) is 1.39. The van der Waals surface area contributed by atoms with Gasteiger partial charge in [0.05, 0.1) is 12.3 Å². The maximum Gasteiger partial charge on any atom is 0.148 e. The number of aromatic nitrogens is 2. The van der Waals surface area contributed by atoms with Crippen LogP contribution in [-0.4, -0.2) is 36.9 Å². The molecule has 1 rings (SSSR count). The van der Waals surface area contributed by atoms with Crippen LogP contribution in [0.4, 0.5) is 0 Å². The quantitative estimate of drug-likeness (QED) is 0.677. The molecule has 0 aromatic carbocycles. The van der Waals surface area contributed by atoms with Crippen molar-refractivity contribution in [2.45, 2.75) is 6.54 Å². The van der Waals surface area contributed by atoms with E-state index >= 15 is 0 Å². The summed E-state index contributed by atoms with van der Waals surface area (Å²) in [5.41, 5.74) is 0. The SMILES string of the molecule is CS(=O)(=O)CCNCc1ncccn1. The summed E-state index contributed by atoms with van der Waals surface area (Å²) in [4.78, 5) is 7.98. The first kappa shape index (κ1) is 11.1. The molecule has 0 amide bonds. The third-order valence-corrected chi connectivity index (χ3v) is 2.50. The zero-order chi connectivity index (χ0) is 10.4. The van der Waals surface area contributed by atoms with E-state index in [9.17, 15) is 8.42 Å². The molecule has 0 saturated heterocycles. The molecule has 6 heteroatoms. The average Bonchev–Trinajstić information content (AvgIpc) is 2.13. The van der Waals surface area contributed by atoms with E-state index in [2.05, 4.69) is 15.3 Å². The Balaban J connectivity index is 2.23. The van der Waals surface area contributed by atoms with Crippen molar-refractivity contribution in [3.8, 4) is 0 Å². The summed E-state index contributed by atoms with van der Waals surface area (Å²) in [6.45, 7) is 0.924. The van der Waals surface area contributed by atoms with Crippen LogP contribution in [0.15, 0.2) is 18.5 Å². The van der Waals surface area contributed by atoms with Gasteiger partial charge in [0.25, 0.3) is 0 Å². The first-order valence-corrected chi connectivity index (χ1v) is 6.28. The smallest absolute Gasteiger partial charge is 0.148 e. The van der Waals surface area contributed by atoms with Crippen molar-refractivity contribution in [2.24, 2.45) is 0 Å². The molecule has 78 valence electrons. The van der Waals surface area contributed by atoms with Gasteiger partial charge in [-0.3, -0.25) is 0 Å². The van der Waals surface area contributed by atoms with Gasteiger partial charge in [0.1, 0.15) is 15.7 Å². The van der Waals surface area contributed by atoms with E-state index in [1.807, 2.05) is 0 Å². The highest BCUT2D eigenvalue weighted by atomic mass is 32.2. The second-order valence-corrected chi connectivity index (χ2v) is 5.23. The number of hydrogen-bond acceptors (Lipinski definition) is 5. The number of hydrogen-bond donors (Lipinski definition) is 1. The van der Waals surface area contributed by atoms with Crippen molar-refractivity contribution < 1.29 is 8.42 Å². The highest BCUT2D eigenvalue weighted by Gasteiger charge is 2.00. The minimum absolute atomic E-state index is 0.139. The third-order valence-electron chi connectivity index (χ3n) is 1.55. The van der Waals surface area contributed by atoms with Crippen LogP contribution in [0, 0.1) is 0 Å². The van der Waals surface area contributed by atoms with Crippen LogP contribution in [0.25, 0.3) is 0 Å². The number of nitrogens with zero attached hydrogens (tertiary/aromatic N) is 2. The fraction of sp³-hybridized carbons (Fsp3) is 0.500.